The van der Waals surface area contributed by atoms with Gasteiger partial charge in [0.2, 0.25) is 5.91 Å². The highest BCUT2D eigenvalue weighted by Crippen LogP contribution is 2.25. The van der Waals surface area contributed by atoms with Crippen molar-refractivity contribution < 1.29 is 14.7 Å². The van der Waals surface area contributed by atoms with Crippen LogP contribution in [0, 0.1) is 13.8 Å². The van der Waals surface area contributed by atoms with Gasteiger partial charge >= 0.3 is 5.97 Å². The van der Waals surface area contributed by atoms with Gasteiger partial charge in [0.25, 0.3) is 0 Å². The smallest absolute Gasteiger partial charge is 0.339 e. The zero-order valence-corrected chi connectivity index (χ0v) is 14.7. The van der Waals surface area contributed by atoms with Crippen LogP contribution in [0.5, 0.6) is 0 Å². The molecule has 1 fully saturated rings. The maximum Gasteiger partial charge on any atom is 0.339 e. The van der Waals surface area contributed by atoms with Crippen molar-refractivity contribution in [2.75, 3.05) is 13.1 Å². The van der Waals surface area contributed by atoms with Gasteiger partial charge in [0, 0.05) is 22.8 Å². The molecule has 3 rings (SSSR count). The van der Waals surface area contributed by atoms with Crippen LogP contribution >= 0.6 is 11.3 Å². The Hall–Kier alpha value is -2.15. The molecule has 1 saturated heterocycles. The Morgan fingerprint density at radius 2 is 2.00 bits per heavy atom. The minimum absolute atomic E-state index is 0.158. The first-order chi connectivity index (χ1) is 11.5. The van der Waals surface area contributed by atoms with Crippen molar-refractivity contribution in [3.63, 3.8) is 0 Å². The predicted molar refractivity (Wildman–Crippen MR) is 91.5 cm³/mol. The summed E-state index contributed by atoms with van der Waals surface area (Å²) in [5.41, 5.74) is 0.933. The number of rotatable bonds is 4. The first-order valence-corrected chi connectivity index (χ1v) is 8.88. The summed E-state index contributed by atoms with van der Waals surface area (Å²) in [6.45, 7) is 5.21. The minimum atomic E-state index is -0.947. The number of nitrogens with zero attached hydrogens (tertiary/aromatic N) is 3. The van der Waals surface area contributed by atoms with Gasteiger partial charge in [-0.05, 0) is 38.8 Å². The topological polar surface area (TPSA) is 75.4 Å². The van der Waals surface area contributed by atoms with Crippen LogP contribution in [0.3, 0.4) is 0 Å². The van der Waals surface area contributed by atoms with E-state index in [0.29, 0.717) is 25.2 Å². The number of hydrogen-bond acceptors (Lipinski definition) is 4. The van der Waals surface area contributed by atoms with Crippen molar-refractivity contribution in [2.24, 2.45) is 0 Å². The largest absolute Gasteiger partial charge is 0.478 e. The van der Waals surface area contributed by atoms with Crippen LogP contribution in [0.4, 0.5) is 0 Å². The van der Waals surface area contributed by atoms with Crippen LogP contribution in [0.15, 0.2) is 18.3 Å². The molecule has 6 nitrogen and oxygen atoms in total. The van der Waals surface area contributed by atoms with E-state index in [1.165, 1.54) is 11.1 Å². The van der Waals surface area contributed by atoms with E-state index in [0.717, 1.165) is 17.7 Å². The normalized spacial score (nSPS) is 15.7. The van der Waals surface area contributed by atoms with E-state index in [1.54, 1.807) is 22.9 Å². The lowest BCUT2D eigenvalue weighted by Gasteiger charge is -2.32. The molecule has 1 N–H and O–H groups in total. The van der Waals surface area contributed by atoms with Gasteiger partial charge in [0.1, 0.15) is 5.56 Å². The van der Waals surface area contributed by atoms with Crippen LogP contribution in [-0.4, -0.2) is 44.8 Å². The Morgan fingerprint density at radius 1 is 1.29 bits per heavy atom. The molecule has 0 atom stereocenters. The van der Waals surface area contributed by atoms with Gasteiger partial charge in [0.15, 0.2) is 0 Å². The number of piperidine rings is 1. The molecule has 1 amide bonds. The lowest BCUT2D eigenvalue weighted by molar-refractivity contribution is -0.131. The molecule has 1 aliphatic heterocycles. The van der Waals surface area contributed by atoms with Crippen molar-refractivity contribution in [3.05, 3.63) is 39.3 Å². The average molecular weight is 347 g/mol. The molecule has 0 bridgehead atoms. The summed E-state index contributed by atoms with van der Waals surface area (Å²) in [6.07, 6.45) is 3.48. The monoisotopic (exact) mass is 347 g/mol. The zero-order chi connectivity index (χ0) is 17.3. The van der Waals surface area contributed by atoms with Crippen LogP contribution < -0.4 is 0 Å². The molecule has 0 spiro atoms. The molecule has 24 heavy (non-hydrogen) atoms. The highest BCUT2D eigenvalue weighted by molar-refractivity contribution is 7.12. The second-order valence-electron chi connectivity index (χ2n) is 6.19. The number of carbonyl (C=O) groups is 2. The Labute approximate surface area is 144 Å². The average Bonchev–Trinajstić information content (AvgIpc) is 3.13. The van der Waals surface area contributed by atoms with Crippen molar-refractivity contribution in [3.8, 4) is 0 Å². The molecule has 2 aromatic heterocycles. The Morgan fingerprint density at radius 3 is 2.54 bits per heavy atom. The summed E-state index contributed by atoms with van der Waals surface area (Å²) in [4.78, 5) is 27.8. The molecule has 0 saturated carbocycles. The van der Waals surface area contributed by atoms with E-state index in [1.807, 2.05) is 24.0 Å². The second kappa shape index (κ2) is 6.76. The SMILES string of the molecule is Cc1ccc(CC(=O)N2CCC(n3ncc(C(=O)O)c3C)CC2)s1. The van der Waals surface area contributed by atoms with E-state index >= 15 is 0 Å². The molecule has 1 aliphatic rings. The minimum Gasteiger partial charge on any atom is -0.478 e. The van der Waals surface area contributed by atoms with Crippen LogP contribution in [0.25, 0.3) is 0 Å². The summed E-state index contributed by atoms with van der Waals surface area (Å²) >= 11 is 1.67. The van der Waals surface area contributed by atoms with Crippen molar-refractivity contribution in [2.45, 2.75) is 39.2 Å². The lowest BCUT2D eigenvalue weighted by Crippen LogP contribution is -2.40. The third-order valence-corrected chi connectivity index (χ3v) is 5.56. The molecule has 128 valence electrons. The van der Waals surface area contributed by atoms with Gasteiger partial charge in [0.05, 0.1) is 24.4 Å². The van der Waals surface area contributed by atoms with Crippen molar-refractivity contribution in [1.82, 2.24) is 14.7 Å². The molecular weight excluding hydrogens is 326 g/mol. The number of amides is 1. The van der Waals surface area contributed by atoms with E-state index in [-0.39, 0.29) is 17.5 Å². The van der Waals surface area contributed by atoms with E-state index in [9.17, 15) is 9.59 Å². The fraction of sp³-hybridized carbons (Fsp3) is 0.471. The van der Waals surface area contributed by atoms with E-state index in [4.69, 9.17) is 5.11 Å². The van der Waals surface area contributed by atoms with Crippen LogP contribution in [-0.2, 0) is 11.2 Å². The third kappa shape index (κ3) is 3.36. The Kier molecular flexibility index (Phi) is 4.71. The van der Waals surface area contributed by atoms with Crippen molar-refractivity contribution in [1.29, 1.82) is 0 Å². The fourth-order valence-corrected chi connectivity index (χ4v) is 4.08. The number of hydrogen-bond donors (Lipinski definition) is 1. The summed E-state index contributed by atoms with van der Waals surface area (Å²) < 4.78 is 1.80. The third-order valence-electron chi connectivity index (χ3n) is 4.56. The van der Waals surface area contributed by atoms with Gasteiger partial charge in [-0.25, -0.2) is 4.79 Å². The Bertz CT molecular complexity index is 757. The van der Waals surface area contributed by atoms with Crippen LogP contribution in [0.2, 0.25) is 0 Å². The molecule has 0 unspecified atom stereocenters. The standard InChI is InChI=1S/C17H21N3O3S/c1-11-3-4-14(24-11)9-16(21)19-7-5-13(6-8-19)20-12(2)15(10-18-20)17(22)23/h3-4,10,13H,5-9H2,1-2H3,(H,22,23). The van der Waals surface area contributed by atoms with Crippen LogP contribution in [0.1, 0.15) is 44.7 Å². The Balaban J connectivity index is 1.59. The van der Waals surface area contributed by atoms with Gasteiger partial charge in [-0.15, -0.1) is 11.3 Å². The number of aromatic carboxylic acids is 1. The maximum absolute atomic E-state index is 12.4. The summed E-state index contributed by atoms with van der Waals surface area (Å²) in [5, 5.41) is 13.4. The lowest BCUT2D eigenvalue weighted by atomic mass is 10.0. The number of carboxylic acids is 1. The second-order valence-corrected chi connectivity index (χ2v) is 7.57. The molecule has 0 aliphatic carbocycles. The fourth-order valence-electron chi connectivity index (χ4n) is 3.20. The predicted octanol–water partition coefficient (Wildman–Crippen LogP) is 2.67. The number of carboxylic acid groups (broad SMARTS) is 1. The number of carbonyl (C=O) groups excluding carboxylic acids is 1. The van der Waals surface area contributed by atoms with Gasteiger partial charge < -0.3 is 10.0 Å². The zero-order valence-electron chi connectivity index (χ0n) is 13.9. The number of likely N-dealkylation sites (tertiary alicyclic amines) is 1. The number of aromatic nitrogens is 2. The molecule has 2 aromatic rings. The van der Waals surface area contributed by atoms with E-state index in [2.05, 4.69) is 5.10 Å². The highest BCUT2D eigenvalue weighted by Gasteiger charge is 2.26. The first-order valence-electron chi connectivity index (χ1n) is 8.06. The number of thiophene rings is 1. The molecule has 7 heteroatoms. The first kappa shape index (κ1) is 16.7. The number of aryl methyl sites for hydroxylation is 1. The maximum atomic E-state index is 12.4. The summed E-state index contributed by atoms with van der Waals surface area (Å²) in [5.74, 6) is -0.781. The molecule has 3 heterocycles. The summed E-state index contributed by atoms with van der Waals surface area (Å²) in [6, 6.07) is 4.22. The van der Waals surface area contributed by atoms with Gasteiger partial charge in [-0.3, -0.25) is 9.48 Å². The summed E-state index contributed by atoms with van der Waals surface area (Å²) in [7, 11) is 0. The highest BCUT2D eigenvalue weighted by atomic mass is 32.1. The van der Waals surface area contributed by atoms with Gasteiger partial charge in [-0.1, -0.05) is 0 Å². The quantitative estimate of drug-likeness (QED) is 0.922. The van der Waals surface area contributed by atoms with E-state index < -0.39 is 5.97 Å². The van der Waals surface area contributed by atoms with Crippen molar-refractivity contribution >= 4 is 23.2 Å². The molecule has 0 aromatic carbocycles. The molecular formula is C17H21N3O3S. The molecule has 0 radical (unpaired) electrons. The van der Waals surface area contributed by atoms with Gasteiger partial charge in [-0.2, -0.15) is 5.10 Å².